The van der Waals surface area contributed by atoms with Crippen molar-refractivity contribution in [2.45, 2.75) is 6.54 Å². The molecule has 0 aliphatic heterocycles. The zero-order chi connectivity index (χ0) is 14.5. The molecule has 1 aromatic heterocycles. The van der Waals surface area contributed by atoms with E-state index in [4.69, 9.17) is 16.3 Å². The molecule has 8 heteroatoms. The number of hydrogen-bond acceptors (Lipinski definition) is 6. The zero-order valence-electron chi connectivity index (χ0n) is 10.5. The van der Waals surface area contributed by atoms with E-state index in [2.05, 4.69) is 15.3 Å². The molecule has 0 spiro atoms. The molecule has 0 aliphatic carbocycles. The topological polar surface area (TPSA) is 90.2 Å². The number of rotatable bonds is 5. The van der Waals surface area contributed by atoms with Crippen molar-refractivity contribution in [1.29, 1.82) is 0 Å². The average Bonchev–Trinajstić information content (AvgIpc) is 2.43. The molecule has 7 nitrogen and oxygen atoms in total. The predicted molar refractivity (Wildman–Crippen MR) is 73.0 cm³/mol. The molecule has 0 saturated carbocycles. The van der Waals surface area contributed by atoms with Crippen molar-refractivity contribution < 1.29 is 9.66 Å². The first kappa shape index (κ1) is 14.2. The van der Waals surface area contributed by atoms with E-state index in [9.17, 15) is 10.1 Å². The van der Waals surface area contributed by atoms with E-state index in [1.54, 1.807) is 12.4 Å². The van der Waals surface area contributed by atoms with Gasteiger partial charge in [-0.2, -0.15) is 0 Å². The van der Waals surface area contributed by atoms with Gasteiger partial charge in [-0.05, 0) is 19.2 Å². The Labute approximate surface area is 119 Å². The van der Waals surface area contributed by atoms with Crippen molar-refractivity contribution in [3.63, 3.8) is 0 Å². The van der Waals surface area contributed by atoms with Crippen molar-refractivity contribution in [2.75, 3.05) is 7.05 Å². The number of aromatic nitrogens is 2. The summed E-state index contributed by atoms with van der Waals surface area (Å²) < 4.78 is 5.32. The molecular formula is C12H11ClN4O3. The van der Waals surface area contributed by atoms with Gasteiger partial charge in [0.1, 0.15) is 0 Å². The Bertz CT molecular complexity index is 619. The fraction of sp³-hybridized carbons (Fsp3) is 0.167. The summed E-state index contributed by atoms with van der Waals surface area (Å²) in [5, 5.41) is 14.1. The molecule has 0 atom stereocenters. The zero-order valence-corrected chi connectivity index (χ0v) is 11.3. The maximum atomic E-state index is 10.9. The molecule has 2 rings (SSSR count). The Morgan fingerprint density at radius 2 is 2.10 bits per heavy atom. The van der Waals surface area contributed by atoms with Crippen LogP contribution >= 0.6 is 11.6 Å². The lowest BCUT2D eigenvalue weighted by Crippen LogP contribution is -2.06. The van der Waals surface area contributed by atoms with Crippen LogP contribution < -0.4 is 10.1 Å². The van der Waals surface area contributed by atoms with Gasteiger partial charge in [0.2, 0.25) is 5.75 Å². The van der Waals surface area contributed by atoms with Crippen molar-refractivity contribution >= 4 is 17.3 Å². The van der Waals surface area contributed by atoms with Crippen LogP contribution in [-0.2, 0) is 6.54 Å². The highest BCUT2D eigenvalue weighted by Crippen LogP contribution is 2.32. The van der Waals surface area contributed by atoms with Crippen molar-refractivity contribution in [2.24, 2.45) is 0 Å². The van der Waals surface area contributed by atoms with Crippen LogP contribution in [0.3, 0.4) is 0 Å². The lowest BCUT2D eigenvalue weighted by Gasteiger charge is -2.05. The second-order valence-corrected chi connectivity index (χ2v) is 4.31. The summed E-state index contributed by atoms with van der Waals surface area (Å²) in [7, 11) is 1.81. The highest BCUT2D eigenvalue weighted by molar-refractivity contribution is 6.30. The van der Waals surface area contributed by atoms with Gasteiger partial charge in [-0.15, -0.1) is 0 Å². The third kappa shape index (κ3) is 3.40. The molecule has 0 amide bonds. The van der Waals surface area contributed by atoms with Crippen LogP contribution in [0.2, 0.25) is 5.02 Å². The average molecular weight is 295 g/mol. The van der Waals surface area contributed by atoms with Gasteiger partial charge in [-0.3, -0.25) is 10.1 Å². The highest BCUT2D eigenvalue weighted by atomic mass is 35.5. The second kappa shape index (κ2) is 6.27. The Kier molecular flexibility index (Phi) is 4.44. The Morgan fingerprint density at radius 3 is 2.70 bits per heavy atom. The van der Waals surface area contributed by atoms with E-state index in [-0.39, 0.29) is 22.5 Å². The summed E-state index contributed by atoms with van der Waals surface area (Å²) in [4.78, 5) is 18.3. The molecule has 20 heavy (non-hydrogen) atoms. The van der Waals surface area contributed by atoms with Crippen LogP contribution in [0.4, 0.5) is 5.69 Å². The minimum absolute atomic E-state index is 0.0373. The quantitative estimate of drug-likeness (QED) is 0.673. The molecule has 104 valence electrons. The number of nitro benzene ring substituents is 1. The van der Waals surface area contributed by atoms with E-state index in [1.165, 1.54) is 18.2 Å². The second-order valence-electron chi connectivity index (χ2n) is 3.88. The Morgan fingerprint density at radius 1 is 1.40 bits per heavy atom. The third-order valence-electron chi connectivity index (χ3n) is 2.38. The number of nitrogens with zero attached hydrogens (tertiary/aromatic N) is 3. The number of ether oxygens (including phenoxy) is 1. The lowest BCUT2D eigenvalue weighted by molar-refractivity contribution is -0.385. The number of hydrogen-bond donors (Lipinski definition) is 1. The molecular weight excluding hydrogens is 284 g/mol. The summed E-state index contributed by atoms with van der Waals surface area (Å²) in [6.45, 7) is 0.626. The maximum Gasteiger partial charge on any atom is 0.322 e. The molecule has 0 bridgehead atoms. The number of nitro groups is 1. The normalized spacial score (nSPS) is 10.3. The fourth-order valence-electron chi connectivity index (χ4n) is 1.51. The standard InChI is InChI=1S/C12H11ClN4O3/c1-14-5-8-6-15-12(16-7-8)20-11-3-2-9(13)4-10(11)17(18)19/h2-4,6-7,14H,5H2,1H3. The summed E-state index contributed by atoms with van der Waals surface area (Å²) >= 11 is 5.72. The third-order valence-corrected chi connectivity index (χ3v) is 2.62. The van der Waals surface area contributed by atoms with E-state index < -0.39 is 4.92 Å². The number of halogens is 1. The van der Waals surface area contributed by atoms with Crippen LogP contribution in [0.5, 0.6) is 11.8 Å². The maximum absolute atomic E-state index is 10.9. The first-order chi connectivity index (χ1) is 9.60. The molecule has 1 aromatic carbocycles. The molecule has 2 aromatic rings. The minimum Gasteiger partial charge on any atom is -0.417 e. The van der Waals surface area contributed by atoms with Gasteiger partial charge < -0.3 is 10.1 Å². The SMILES string of the molecule is CNCc1cnc(Oc2ccc(Cl)cc2[N+](=O)[O-])nc1. The molecule has 0 radical (unpaired) electrons. The van der Waals surface area contributed by atoms with E-state index in [1.807, 2.05) is 7.05 Å². The van der Waals surface area contributed by atoms with Gasteiger partial charge in [0.15, 0.2) is 0 Å². The summed E-state index contributed by atoms with van der Waals surface area (Å²) in [6, 6.07) is 4.16. The van der Waals surface area contributed by atoms with Crippen molar-refractivity contribution in [1.82, 2.24) is 15.3 Å². The summed E-state index contributed by atoms with van der Waals surface area (Å²) in [5.74, 6) is 0.0424. The molecule has 0 aliphatic rings. The van der Waals surface area contributed by atoms with Crippen LogP contribution in [0, 0.1) is 10.1 Å². The molecule has 0 unspecified atom stereocenters. The van der Waals surface area contributed by atoms with Gasteiger partial charge in [0.25, 0.3) is 0 Å². The molecule has 1 heterocycles. The van der Waals surface area contributed by atoms with Gasteiger partial charge >= 0.3 is 11.7 Å². The molecule has 1 N–H and O–H groups in total. The smallest absolute Gasteiger partial charge is 0.322 e. The van der Waals surface area contributed by atoms with E-state index in [0.29, 0.717) is 6.54 Å². The van der Waals surface area contributed by atoms with E-state index in [0.717, 1.165) is 5.56 Å². The summed E-state index contributed by atoms with van der Waals surface area (Å²) in [6.07, 6.45) is 3.17. The van der Waals surface area contributed by atoms with Crippen molar-refractivity contribution in [3.8, 4) is 11.8 Å². The van der Waals surface area contributed by atoms with Crippen molar-refractivity contribution in [3.05, 3.63) is 51.3 Å². The van der Waals surface area contributed by atoms with Gasteiger partial charge in [-0.1, -0.05) is 11.6 Å². The van der Waals surface area contributed by atoms with Crippen LogP contribution in [-0.4, -0.2) is 21.9 Å². The number of benzene rings is 1. The highest BCUT2D eigenvalue weighted by Gasteiger charge is 2.17. The fourth-order valence-corrected chi connectivity index (χ4v) is 1.68. The van der Waals surface area contributed by atoms with Crippen LogP contribution in [0.25, 0.3) is 0 Å². The Hall–Kier alpha value is -2.25. The van der Waals surface area contributed by atoms with Gasteiger partial charge in [0, 0.05) is 35.6 Å². The van der Waals surface area contributed by atoms with Crippen LogP contribution in [0.1, 0.15) is 5.56 Å². The molecule has 0 fully saturated rings. The Balaban J connectivity index is 2.23. The molecule has 0 saturated heterocycles. The van der Waals surface area contributed by atoms with Gasteiger partial charge in [0.05, 0.1) is 4.92 Å². The van der Waals surface area contributed by atoms with E-state index >= 15 is 0 Å². The largest absolute Gasteiger partial charge is 0.417 e. The first-order valence-electron chi connectivity index (χ1n) is 5.67. The predicted octanol–water partition coefficient (Wildman–Crippen LogP) is 2.55. The lowest BCUT2D eigenvalue weighted by atomic mass is 10.3. The number of nitrogens with one attached hydrogen (secondary N) is 1. The van der Waals surface area contributed by atoms with Gasteiger partial charge in [-0.25, -0.2) is 9.97 Å². The monoisotopic (exact) mass is 294 g/mol. The van der Waals surface area contributed by atoms with Crippen LogP contribution in [0.15, 0.2) is 30.6 Å². The first-order valence-corrected chi connectivity index (χ1v) is 6.05. The summed E-state index contributed by atoms with van der Waals surface area (Å²) in [5.41, 5.74) is 0.644. The minimum atomic E-state index is -0.573.